The summed E-state index contributed by atoms with van der Waals surface area (Å²) in [4.78, 5) is 48.8. The van der Waals surface area contributed by atoms with Gasteiger partial charge < -0.3 is 20.5 Å². The van der Waals surface area contributed by atoms with Crippen molar-refractivity contribution >= 4 is 23.7 Å². The van der Waals surface area contributed by atoms with E-state index in [0.29, 0.717) is 5.92 Å². The van der Waals surface area contributed by atoms with E-state index >= 15 is 0 Å². The highest BCUT2D eigenvalue weighted by Gasteiger charge is 2.25. The lowest BCUT2D eigenvalue weighted by atomic mass is 10.1. The molecule has 0 saturated carbocycles. The van der Waals surface area contributed by atoms with E-state index in [0.717, 1.165) is 19.0 Å². The second-order valence-corrected chi connectivity index (χ2v) is 9.45. The highest BCUT2D eigenvalue weighted by atomic mass is 16.6. The molecule has 2 atom stereocenters. The Balaban J connectivity index is 2.97. The highest BCUT2D eigenvalue weighted by Crippen LogP contribution is 2.10. The maximum atomic E-state index is 12.9. The number of hydrogen-bond acceptors (Lipinski definition) is 6. The van der Waals surface area contributed by atoms with E-state index in [2.05, 4.69) is 29.8 Å². The Kier molecular flexibility index (Phi) is 11.5. The first kappa shape index (κ1) is 28.9. The van der Waals surface area contributed by atoms with Gasteiger partial charge in [-0.05, 0) is 71.6 Å². The molecule has 0 aliphatic carbocycles. The van der Waals surface area contributed by atoms with Gasteiger partial charge in [-0.15, -0.1) is 0 Å². The number of carboxylic acid groups (broad SMARTS) is 1. The minimum absolute atomic E-state index is 0.0714. The van der Waals surface area contributed by atoms with Gasteiger partial charge in [-0.1, -0.05) is 19.9 Å². The zero-order chi connectivity index (χ0) is 25.9. The summed E-state index contributed by atoms with van der Waals surface area (Å²) in [6.07, 6.45) is 4.22. The van der Waals surface area contributed by atoms with Crippen molar-refractivity contribution < 1.29 is 24.2 Å². The quantitative estimate of drug-likeness (QED) is 0.338. The van der Waals surface area contributed by atoms with Crippen molar-refractivity contribution in [1.29, 1.82) is 0 Å². The number of aromatic nitrogens is 1. The Morgan fingerprint density at radius 3 is 2.44 bits per heavy atom. The number of aliphatic carboxylic acids is 1. The number of nitrogens with one attached hydrogen (secondary N) is 3. The Hall–Kier alpha value is -3.14. The van der Waals surface area contributed by atoms with Gasteiger partial charge >= 0.3 is 12.1 Å². The van der Waals surface area contributed by atoms with Crippen LogP contribution in [0.5, 0.6) is 0 Å². The molecule has 1 heterocycles. The molecule has 34 heavy (non-hydrogen) atoms. The van der Waals surface area contributed by atoms with Crippen LogP contribution in [0.4, 0.5) is 10.5 Å². The van der Waals surface area contributed by atoms with E-state index in [1.54, 1.807) is 33.0 Å². The minimum atomic E-state index is -1.11. The largest absolute Gasteiger partial charge is 0.478 e. The van der Waals surface area contributed by atoms with E-state index in [-0.39, 0.29) is 30.3 Å². The van der Waals surface area contributed by atoms with E-state index in [4.69, 9.17) is 9.84 Å². The molecule has 0 bridgehead atoms. The molecule has 2 unspecified atom stereocenters. The van der Waals surface area contributed by atoms with Crippen LogP contribution in [-0.2, 0) is 14.3 Å². The Bertz CT molecular complexity index is 917. The fraction of sp³-hybridized carbons (Fsp3) is 0.583. The van der Waals surface area contributed by atoms with Crippen molar-refractivity contribution in [2.45, 2.75) is 78.6 Å². The third-order valence-electron chi connectivity index (χ3n) is 4.70. The molecule has 1 rings (SSSR count). The van der Waals surface area contributed by atoms with Crippen LogP contribution in [0.25, 0.3) is 0 Å². The lowest BCUT2D eigenvalue weighted by Crippen LogP contribution is -2.46. The molecule has 10 nitrogen and oxygen atoms in total. The van der Waals surface area contributed by atoms with Crippen molar-refractivity contribution in [2.75, 3.05) is 11.9 Å². The maximum Gasteiger partial charge on any atom is 0.408 e. The van der Waals surface area contributed by atoms with Gasteiger partial charge in [0, 0.05) is 12.3 Å². The summed E-state index contributed by atoms with van der Waals surface area (Å²) >= 11 is 0. The zero-order valence-electron chi connectivity index (χ0n) is 20.9. The second-order valence-electron chi connectivity index (χ2n) is 9.45. The summed E-state index contributed by atoms with van der Waals surface area (Å²) in [6, 6.07) is 2.11. The number of anilines is 1. The number of rotatable bonds is 12. The molecule has 2 amide bonds. The van der Waals surface area contributed by atoms with Crippen LogP contribution in [0.15, 0.2) is 35.3 Å². The standard InChI is InChI=1S/C24H38N4O6/c1-16(2)13-14-25-17(3)28-15-9-11-19(22(28)32)26-21(31)18(10-7-8-12-20(29)30)27-23(33)34-24(4,5)6/h8-9,11-12,15-18,25H,7,10,13-14H2,1-6H3,(H,26,31)(H,27,33)(H,29,30). The van der Waals surface area contributed by atoms with Gasteiger partial charge in [-0.25, -0.2) is 9.59 Å². The summed E-state index contributed by atoms with van der Waals surface area (Å²) in [5.74, 6) is -1.19. The molecule has 4 N–H and O–H groups in total. The van der Waals surface area contributed by atoms with Crippen molar-refractivity contribution in [3.63, 3.8) is 0 Å². The van der Waals surface area contributed by atoms with E-state index < -0.39 is 29.6 Å². The molecule has 0 spiro atoms. The summed E-state index contributed by atoms with van der Waals surface area (Å²) in [5, 5.41) is 17.1. The molecule has 1 aromatic rings. The average molecular weight is 479 g/mol. The fourth-order valence-electron chi connectivity index (χ4n) is 2.97. The second kappa shape index (κ2) is 13.5. The van der Waals surface area contributed by atoms with Gasteiger partial charge in [0.15, 0.2) is 0 Å². The molecular formula is C24H38N4O6. The molecule has 0 aliphatic rings. The van der Waals surface area contributed by atoms with Crippen molar-refractivity contribution in [1.82, 2.24) is 15.2 Å². The number of hydrogen-bond donors (Lipinski definition) is 4. The van der Waals surface area contributed by atoms with Crippen LogP contribution in [-0.4, -0.2) is 45.8 Å². The monoisotopic (exact) mass is 478 g/mol. The fourth-order valence-corrected chi connectivity index (χ4v) is 2.97. The van der Waals surface area contributed by atoms with Gasteiger partial charge in [0.05, 0.1) is 6.17 Å². The number of carbonyl (C=O) groups is 3. The van der Waals surface area contributed by atoms with Crippen LogP contribution in [0, 0.1) is 5.92 Å². The van der Waals surface area contributed by atoms with Crippen LogP contribution in [0.3, 0.4) is 0 Å². The number of amides is 2. The predicted octanol–water partition coefficient (Wildman–Crippen LogP) is 3.26. The number of carbonyl (C=O) groups excluding carboxylic acids is 2. The number of nitrogens with zero attached hydrogens (tertiary/aromatic N) is 1. The molecule has 190 valence electrons. The minimum Gasteiger partial charge on any atom is -0.478 e. The number of ether oxygens (including phenoxy) is 1. The Morgan fingerprint density at radius 1 is 1.18 bits per heavy atom. The predicted molar refractivity (Wildman–Crippen MR) is 131 cm³/mol. The number of alkyl carbamates (subject to hydrolysis) is 1. The van der Waals surface area contributed by atoms with Crippen LogP contribution in [0.2, 0.25) is 0 Å². The lowest BCUT2D eigenvalue weighted by Gasteiger charge is -2.23. The molecule has 0 saturated heterocycles. The van der Waals surface area contributed by atoms with E-state index in [9.17, 15) is 19.2 Å². The lowest BCUT2D eigenvalue weighted by molar-refractivity contribution is -0.131. The molecule has 0 aliphatic heterocycles. The highest BCUT2D eigenvalue weighted by molar-refractivity contribution is 5.96. The molecule has 0 fully saturated rings. The van der Waals surface area contributed by atoms with Gasteiger partial charge in [0.25, 0.3) is 5.56 Å². The van der Waals surface area contributed by atoms with Crippen molar-refractivity contribution in [2.24, 2.45) is 5.92 Å². The van der Waals surface area contributed by atoms with Gasteiger partial charge in [0.1, 0.15) is 17.3 Å². The molecule has 1 aromatic heterocycles. The van der Waals surface area contributed by atoms with E-state index in [1.165, 1.54) is 16.7 Å². The molecular weight excluding hydrogens is 440 g/mol. The summed E-state index contributed by atoms with van der Waals surface area (Å²) < 4.78 is 6.71. The topological polar surface area (TPSA) is 139 Å². The molecule has 10 heteroatoms. The Morgan fingerprint density at radius 2 is 1.85 bits per heavy atom. The van der Waals surface area contributed by atoms with Crippen LogP contribution < -0.4 is 21.5 Å². The maximum absolute atomic E-state index is 12.9. The SMILES string of the molecule is CC(C)CCNC(C)n1cccc(NC(=O)C(CCC=CC(=O)O)NC(=O)OC(C)(C)C)c1=O. The van der Waals surface area contributed by atoms with E-state index in [1.807, 2.05) is 6.92 Å². The van der Waals surface area contributed by atoms with Crippen LogP contribution in [0.1, 0.15) is 67.0 Å². The van der Waals surface area contributed by atoms with Crippen LogP contribution >= 0.6 is 0 Å². The molecule has 0 radical (unpaired) electrons. The smallest absolute Gasteiger partial charge is 0.408 e. The number of allylic oxidation sites excluding steroid dienone is 1. The summed E-state index contributed by atoms with van der Waals surface area (Å²) in [6.45, 7) is 11.9. The molecule has 0 aromatic carbocycles. The first-order chi connectivity index (χ1) is 15.8. The number of carboxylic acids is 1. The van der Waals surface area contributed by atoms with Gasteiger partial charge in [0.2, 0.25) is 5.91 Å². The zero-order valence-corrected chi connectivity index (χ0v) is 20.9. The third-order valence-corrected chi connectivity index (χ3v) is 4.70. The average Bonchev–Trinajstić information content (AvgIpc) is 2.69. The Labute approximate surface area is 200 Å². The summed E-state index contributed by atoms with van der Waals surface area (Å²) in [5.41, 5.74) is -1.08. The first-order valence-electron chi connectivity index (χ1n) is 11.4. The first-order valence-corrected chi connectivity index (χ1v) is 11.4. The third kappa shape index (κ3) is 11.1. The van der Waals surface area contributed by atoms with Gasteiger partial charge in [-0.3, -0.25) is 19.5 Å². The summed E-state index contributed by atoms with van der Waals surface area (Å²) in [7, 11) is 0. The van der Waals surface area contributed by atoms with Gasteiger partial charge in [-0.2, -0.15) is 0 Å². The van der Waals surface area contributed by atoms with Crippen molar-refractivity contribution in [3.8, 4) is 0 Å². The van der Waals surface area contributed by atoms with Crippen molar-refractivity contribution in [3.05, 3.63) is 40.8 Å². The normalized spacial score (nSPS) is 13.5. The number of pyridine rings is 1.